The number of aromatic nitrogens is 1. The number of para-hydroxylation sites is 1. The number of hydrogen-bond donors (Lipinski definition) is 2. The first-order chi connectivity index (χ1) is 12.8. The molecule has 1 aromatic carbocycles. The molecular weight excluding hydrogens is 326 g/mol. The van der Waals surface area contributed by atoms with E-state index in [1.165, 1.54) is 35.7 Å². The molecule has 0 spiro atoms. The second kappa shape index (κ2) is 8.23. The molecule has 5 heteroatoms. The van der Waals surface area contributed by atoms with E-state index in [1.807, 2.05) is 6.07 Å². The third kappa shape index (κ3) is 3.94. The number of carbonyl (C=O) groups excluding carboxylic acids is 1. The number of carbonyl (C=O) groups is 1. The molecule has 0 bridgehead atoms. The van der Waals surface area contributed by atoms with Gasteiger partial charge in [-0.3, -0.25) is 9.69 Å². The number of aryl methyl sites for hydroxylation is 1. The Labute approximate surface area is 155 Å². The summed E-state index contributed by atoms with van der Waals surface area (Å²) in [5.41, 5.74) is 2.46. The topological polar surface area (TPSA) is 57.4 Å². The number of fused-ring (bicyclic) bond motifs is 1. The molecular formula is C21H29N3O2. The number of aromatic amines is 1. The van der Waals surface area contributed by atoms with Crippen LogP contribution in [0.1, 0.15) is 37.7 Å². The van der Waals surface area contributed by atoms with Crippen LogP contribution in [0.3, 0.4) is 0 Å². The molecule has 2 saturated heterocycles. The molecule has 2 aliphatic heterocycles. The number of benzene rings is 1. The van der Waals surface area contributed by atoms with Crippen molar-refractivity contribution in [2.75, 3.05) is 26.3 Å². The van der Waals surface area contributed by atoms with Gasteiger partial charge in [-0.05, 0) is 50.4 Å². The van der Waals surface area contributed by atoms with Gasteiger partial charge < -0.3 is 15.0 Å². The lowest BCUT2D eigenvalue weighted by atomic mass is 10.0. The Morgan fingerprint density at radius 3 is 2.92 bits per heavy atom. The van der Waals surface area contributed by atoms with Gasteiger partial charge in [0.1, 0.15) is 0 Å². The normalized spacial score (nSPS) is 24.2. The van der Waals surface area contributed by atoms with Gasteiger partial charge in [-0.2, -0.15) is 0 Å². The van der Waals surface area contributed by atoms with Crippen molar-refractivity contribution in [1.29, 1.82) is 0 Å². The summed E-state index contributed by atoms with van der Waals surface area (Å²) >= 11 is 0. The molecule has 0 radical (unpaired) electrons. The number of nitrogens with zero attached hydrogens (tertiary/aromatic N) is 1. The monoisotopic (exact) mass is 355 g/mol. The summed E-state index contributed by atoms with van der Waals surface area (Å²) in [4.78, 5) is 18.2. The fourth-order valence-electron chi connectivity index (χ4n) is 4.35. The van der Waals surface area contributed by atoms with Crippen LogP contribution in [-0.2, 0) is 16.0 Å². The zero-order valence-electron chi connectivity index (χ0n) is 15.4. The molecule has 1 aromatic heterocycles. The number of piperidine rings is 1. The standard InChI is InChI=1S/C21H29N3O2/c25-21(10-6-7-16-13-22-18-9-3-2-8-17(16)18)23-19-14-26-15-20(19)24-11-4-1-5-12-24/h2-3,8-9,13,19-20,22H,1,4-7,10-12,14-15H2,(H,23,25)/t19-,20-/m0/s1. The van der Waals surface area contributed by atoms with Crippen molar-refractivity contribution < 1.29 is 9.53 Å². The average molecular weight is 355 g/mol. The fraction of sp³-hybridized carbons (Fsp3) is 0.571. The largest absolute Gasteiger partial charge is 0.378 e. The predicted molar refractivity (Wildman–Crippen MR) is 103 cm³/mol. The number of amides is 1. The SMILES string of the molecule is O=C(CCCc1c[nH]c2ccccc12)N[C@H]1COC[C@@H]1N1CCCCC1. The molecule has 5 nitrogen and oxygen atoms in total. The van der Waals surface area contributed by atoms with Gasteiger partial charge in [0.2, 0.25) is 5.91 Å². The Kier molecular flexibility index (Phi) is 5.56. The van der Waals surface area contributed by atoms with E-state index >= 15 is 0 Å². The summed E-state index contributed by atoms with van der Waals surface area (Å²) in [6, 6.07) is 8.83. The van der Waals surface area contributed by atoms with E-state index < -0.39 is 0 Å². The Morgan fingerprint density at radius 1 is 1.19 bits per heavy atom. The van der Waals surface area contributed by atoms with Gasteiger partial charge in [0, 0.05) is 23.5 Å². The summed E-state index contributed by atoms with van der Waals surface area (Å²) in [5, 5.41) is 4.50. The highest BCUT2D eigenvalue weighted by molar-refractivity contribution is 5.83. The quantitative estimate of drug-likeness (QED) is 0.838. The van der Waals surface area contributed by atoms with Crippen LogP contribution in [0.4, 0.5) is 0 Å². The number of nitrogens with one attached hydrogen (secondary N) is 2. The Morgan fingerprint density at radius 2 is 2.04 bits per heavy atom. The van der Waals surface area contributed by atoms with Gasteiger partial charge in [-0.1, -0.05) is 24.6 Å². The highest BCUT2D eigenvalue weighted by Crippen LogP contribution is 2.21. The molecule has 0 saturated carbocycles. The fourth-order valence-corrected chi connectivity index (χ4v) is 4.35. The highest BCUT2D eigenvalue weighted by Gasteiger charge is 2.34. The van der Waals surface area contributed by atoms with Crippen molar-refractivity contribution in [2.24, 2.45) is 0 Å². The molecule has 140 valence electrons. The Hall–Kier alpha value is -1.85. The minimum atomic E-state index is 0.147. The summed E-state index contributed by atoms with van der Waals surface area (Å²) in [5.74, 6) is 0.155. The van der Waals surface area contributed by atoms with Gasteiger partial charge in [-0.25, -0.2) is 0 Å². The van der Waals surface area contributed by atoms with E-state index in [9.17, 15) is 4.79 Å². The molecule has 0 unspecified atom stereocenters. The Balaban J connectivity index is 1.26. The second-order valence-electron chi connectivity index (χ2n) is 7.59. The lowest BCUT2D eigenvalue weighted by Crippen LogP contribution is -2.52. The first-order valence-corrected chi connectivity index (χ1v) is 9.97. The van der Waals surface area contributed by atoms with Crippen LogP contribution in [0.5, 0.6) is 0 Å². The number of rotatable bonds is 6. The van der Waals surface area contributed by atoms with E-state index in [2.05, 4.69) is 39.6 Å². The maximum atomic E-state index is 12.4. The van der Waals surface area contributed by atoms with Crippen LogP contribution in [-0.4, -0.2) is 54.2 Å². The average Bonchev–Trinajstić information content (AvgIpc) is 3.30. The lowest BCUT2D eigenvalue weighted by molar-refractivity contribution is -0.122. The molecule has 2 atom stereocenters. The van der Waals surface area contributed by atoms with E-state index in [4.69, 9.17) is 4.74 Å². The van der Waals surface area contributed by atoms with Crippen LogP contribution in [0.15, 0.2) is 30.5 Å². The molecule has 26 heavy (non-hydrogen) atoms. The van der Waals surface area contributed by atoms with E-state index in [1.54, 1.807) is 0 Å². The van der Waals surface area contributed by atoms with Crippen LogP contribution < -0.4 is 5.32 Å². The summed E-state index contributed by atoms with van der Waals surface area (Å²) in [6.07, 6.45) is 8.30. The molecule has 3 heterocycles. The van der Waals surface area contributed by atoms with Gasteiger partial charge in [0.05, 0.1) is 25.3 Å². The second-order valence-corrected chi connectivity index (χ2v) is 7.59. The van der Waals surface area contributed by atoms with E-state index in [0.29, 0.717) is 19.1 Å². The summed E-state index contributed by atoms with van der Waals surface area (Å²) in [7, 11) is 0. The van der Waals surface area contributed by atoms with Crippen LogP contribution in [0.2, 0.25) is 0 Å². The molecule has 2 N–H and O–H groups in total. The number of ether oxygens (including phenoxy) is 1. The highest BCUT2D eigenvalue weighted by atomic mass is 16.5. The first-order valence-electron chi connectivity index (χ1n) is 9.97. The zero-order valence-corrected chi connectivity index (χ0v) is 15.4. The van der Waals surface area contributed by atoms with Crippen molar-refractivity contribution in [1.82, 2.24) is 15.2 Å². The molecule has 0 aliphatic carbocycles. The Bertz CT molecular complexity index is 736. The van der Waals surface area contributed by atoms with E-state index in [0.717, 1.165) is 32.5 Å². The maximum absolute atomic E-state index is 12.4. The summed E-state index contributed by atoms with van der Waals surface area (Å²) < 4.78 is 5.67. The van der Waals surface area contributed by atoms with Crippen LogP contribution in [0, 0.1) is 0 Å². The lowest BCUT2D eigenvalue weighted by Gasteiger charge is -2.34. The number of H-pyrrole nitrogens is 1. The first kappa shape index (κ1) is 17.6. The molecule has 2 aliphatic rings. The molecule has 2 fully saturated rings. The minimum Gasteiger partial charge on any atom is -0.378 e. The van der Waals surface area contributed by atoms with Crippen molar-refractivity contribution in [2.45, 2.75) is 50.6 Å². The number of likely N-dealkylation sites (tertiary alicyclic amines) is 1. The molecule has 1 amide bonds. The minimum absolute atomic E-state index is 0.147. The van der Waals surface area contributed by atoms with Crippen LogP contribution in [0.25, 0.3) is 10.9 Å². The van der Waals surface area contributed by atoms with Crippen molar-refractivity contribution in [3.05, 3.63) is 36.0 Å². The smallest absolute Gasteiger partial charge is 0.220 e. The van der Waals surface area contributed by atoms with Crippen LogP contribution >= 0.6 is 0 Å². The van der Waals surface area contributed by atoms with Crippen molar-refractivity contribution in [3.8, 4) is 0 Å². The van der Waals surface area contributed by atoms with Gasteiger partial charge in [0.15, 0.2) is 0 Å². The molecule has 2 aromatic rings. The predicted octanol–water partition coefficient (Wildman–Crippen LogP) is 2.86. The summed E-state index contributed by atoms with van der Waals surface area (Å²) in [6.45, 7) is 3.68. The molecule has 4 rings (SSSR count). The third-order valence-corrected chi connectivity index (χ3v) is 5.78. The number of hydrogen-bond acceptors (Lipinski definition) is 3. The maximum Gasteiger partial charge on any atom is 0.220 e. The zero-order chi connectivity index (χ0) is 17.8. The third-order valence-electron chi connectivity index (χ3n) is 5.78. The van der Waals surface area contributed by atoms with Gasteiger partial charge >= 0.3 is 0 Å². The van der Waals surface area contributed by atoms with Crippen molar-refractivity contribution in [3.63, 3.8) is 0 Å². The van der Waals surface area contributed by atoms with Gasteiger partial charge in [0.25, 0.3) is 0 Å². The van der Waals surface area contributed by atoms with Gasteiger partial charge in [-0.15, -0.1) is 0 Å². The van der Waals surface area contributed by atoms with E-state index in [-0.39, 0.29) is 11.9 Å². The van der Waals surface area contributed by atoms with Crippen molar-refractivity contribution >= 4 is 16.8 Å².